The Morgan fingerprint density at radius 1 is 1.15 bits per heavy atom. The van der Waals surface area contributed by atoms with Crippen molar-refractivity contribution >= 4 is 8.25 Å². The van der Waals surface area contributed by atoms with Crippen molar-refractivity contribution < 1.29 is 35.0 Å². The smallest absolute Gasteiger partial charge is 0.133 e. The number of hydrogen-bond donors (Lipinski definition) is 1. The topological polar surface area (TPSA) is 46.5 Å². The molecule has 1 unspecified atom stereocenters. The Labute approximate surface area is 95.5 Å². The van der Waals surface area contributed by atoms with E-state index in [2.05, 4.69) is 11.4 Å². The zero-order valence-corrected chi connectivity index (χ0v) is 11.0. The minimum atomic E-state index is -2.38. The van der Waals surface area contributed by atoms with Gasteiger partial charge in [-0.3, -0.25) is 0 Å². The van der Waals surface area contributed by atoms with Gasteiger partial charge < -0.3 is 0 Å². The van der Waals surface area contributed by atoms with Gasteiger partial charge in [0.1, 0.15) is 6.61 Å². The maximum absolute atomic E-state index is 10.1. The molecule has 0 radical (unpaired) electrons. The summed E-state index contributed by atoms with van der Waals surface area (Å²) < 4.78 is 14.6. The Kier molecular flexibility index (Phi) is 15.8. The molecule has 1 atom stereocenters. The average molecular weight is 289 g/mol. The molecule has 0 spiro atoms. The average Bonchev–Trinajstić information content (AvgIpc) is 2.02. The molecule has 0 bridgehead atoms. The van der Waals surface area contributed by atoms with Gasteiger partial charge in [-0.15, -0.1) is 9.42 Å². The molecular weight excluding hydrogens is 271 g/mol. The third-order valence-electron chi connectivity index (χ3n) is 1.70. The number of unbranched alkanes of at least 4 members (excludes halogenated alkanes) is 5. The molecule has 0 saturated heterocycles. The summed E-state index contributed by atoms with van der Waals surface area (Å²) in [6.07, 6.45) is 7.00. The fraction of sp³-hybridized carbons (Fsp3) is 1.00. The van der Waals surface area contributed by atoms with E-state index in [0.717, 1.165) is 12.8 Å². The van der Waals surface area contributed by atoms with Crippen LogP contribution in [0.15, 0.2) is 0 Å². The minimum Gasteiger partial charge on any atom is -0.133 e. The molecule has 3 nitrogen and oxygen atoms in total. The maximum atomic E-state index is 10.1. The van der Waals surface area contributed by atoms with Crippen LogP contribution in [0.25, 0.3) is 0 Å². The standard InChI is InChI=1S/C8H17O3P.Mo/c1-2-3-4-5-6-7-8-11-12(9)10;/h2-8H2,1H3;/p+1. The molecule has 0 amide bonds. The summed E-state index contributed by atoms with van der Waals surface area (Å²) in [4.78, 5) is 8.28. The van der Waals surface area contributed by atoms with E-state index >= 15 is 0 Å². The summed E-state index contributed by atoms with van der Waals surface area (Å²) >= 11 is 0. The Balaban J connectivity index is 0. The van der Waals surface area contributed by atoms with Crippen molar-refractivity contribution in [3.8, 4) is 0 Å². The first-order valence-corrected chi connectivity index (χ1v) is 5.69. The third-order valence-corrected chi connectivity index (χ3v) is 2.10. The minimum absolute atomic E-state index is 0. The second kappa shape index (κ2) is 12.7. The first-order valence-electron chi connectivity index (χ1n) is 4.56. The second-order valence-electron chi connectivity index (χ2n) is 2.84. The molecular formula is C8H18MoO3P+. The van der Waals surface area contributed by atoms with Crippen molar-refractivity contribution in [1.29, 1.82) is 0 Å². The molecule has 0 aromatic rings. The van der Waals surface area contributed by atoms with E-state index in [9.17, 15) is 4.57 Å². The van der Waals surface area contributed by atoms with Crippen molar-refractivity contribution in [3.63, 3.8) is 0 Å². The second-order valence-corrected chi connectivity index (χ2v) is 3.57. The number of hydrogen-bond acceptors (Lipinski definition) is 2. The van der Waals surface area contributed by atoms with Gasteiger partial charge in [0, 0.05) is 25.6 Å². The van der Waals surface area contributed by atoms with Gasteiger partial charge in [-0.2, -0.15) is 0 Å². The van der Waals surface area contributed by atoms with Crippen LogP contribution < -0.4 is 0 Å². The summed E-state index contributed by atoms with van der Waals surface area (Å²) in [6, 6.07) is 0. The zero-order valence-electron chi connectivity index (χ0n) is 8.07. The van der Waals surface area contributed by atoms with E-state index in [4.69, 9.17) is 4.89 Å². The molecule has 0 saturated carbocycles. The molecule has 1 N–H and O–H groups in total. The monoisotopic (exact) mass is 291 g/mol. The van der Waals surface area contributed by atoms with E-state index in [-0.39, 0.29) is 21.1 Å². The van der Waals surface area contributed by atoms with Crippen molar-refractivity contribution in [2.24, 2.45) is 0 Å². The van der Waals surface area contributed by atoms with E-state index in [1.165, 1.54) is 25.7 Å². The Bertz CT molecular complexity index is 122. The SMILES string of the molecule is CCCCCCCCO[P+](=O)O.[Mo]. The van der Waals surface area contributed by atoms with Crippen molar-refractivity contribution in [1.82, 2.24) is 0 Å². The van der Waals surface area contributed by atoms with Crippen LogP contribution in [0, 0.1) is 0 Å². The Morgan fingerprint density at radius 3 is 2.23 bits per heavy atom. The summed E-state index contributed by atoms with van der Waals surface area (Å²) in [7, 11) is -2.38. The van der Waals surface area contributed by atoms with Crippen LogP contribution in [0.1, 0.15) is 45.4 Å². The van der Waals surface area contributed by atoms with Gasteiger partial charge in [-0.25, -0.2) is 0 Å². The largest absolute Gasteiger partial charge is 0.694 e. The van der Waals surface area contributed by atoms with Crippen LogP contribution in [0.5, 0.6) is 0 Å². The molecule has 0 fully saturated rings. The van der Waals surface area contributed by atoms with Gasteiger partial charge in [-0.05, 0) is 6.42 Å². The Hall–Kier alpha value is 0.708. The fourth-order valence-corrected chi connectivity index (χ4v) is 1.31. The molecule has 0 heterocycles. The van der Waals surface area contributed by atoms with E-state index in [0.29, 0.717) is 6.61 Å². The van der Waals surface area contributed by atoms with Crippen molar-refractivity contribution in [2.45, 2.75) is 45.4 Å². The molecule has 5 heteroatoms. The molecule has 78 valence electrons. The van der Waals surface area contributed by atoms with Gasteiger partial charge in [0.15, 0.2) is 0 Å². The molecule has 0 aromatic carbocycles. The van der Waals surface area contributed by atoms with Gasteiger partial charge in [0.2, 0.25) is 0 Å². The van der Waals surface area contributed by atoms with Crippen LogP contribution in [-0.4, -0.2) is 11.5 Å². The van der Waals surface area contributed by atoms with Gasteiger partial charge in [0.25, 0.3) is 0 Å². The fourth-order valence-electron chi connectivity index (χ4n) is 1.03. The van der Waals surface area contributed by atoms with E-state index in [1.807, 2.05) is 0 Å². The first-order chi connectivity index (χ1) is 5.77. The zero-order chi connectivity index (χ0) is 9.23. The summed E-state index contributed by atoms with van der Waals surface area (Å²) in [5.41, 5.74) is 0. The summed E-state index contributed by atoms with van der Waals surface area (Å²) in [5, 5.41) is 0. The number of rotatable bonds is 8. The first kappa shape index (κ1) is 16.1. The Morgan fingerprint density at radius 2 is 1.69 bits per heavy atom. The van der Waals surface area contributed by atoms with Gasteiger partial charge in [-0.1, -0.05) is 39.0 Å². The van der Waals surface area contributed by atoms with Crippen LogP contribution in [0.3, 0.4) is 0 Å². The van der Waals surface area contributed by atoms with E-state index < -0.39 is 8.25 Å². The van der Waals surface area contributed by atoms with Crippen LogP contribution in [-0.2, 0) is 30.2 Å². The van der Waals surface area contributed by atoms with Crippen molar-refractivity contribution in [3.05, 3.63) is 0 Å². The molecule has 0 aliphatic rings. The predicted octanol–water partition coefficient (Wildman–Crippen LogP) is 3.01. The quantitative estimate of drug-likeness (QED) is 0.424. The van der Waals surface area contributed by atoms with Crippen LogP contribution in [0.2, 0.25) is 0 Å². The predicted molar refractivity (Wildman–Crippen MR) is 49.2 cm³/mol. The van der Waals surface area contributed by atoms with Gasteiger partial charge >= 0.3 is 8.25 Å². The molecule has 0 aromatic heterocycles. The normalized spacial score (nSPS) is 10.8. The molecule has 0 aliphatic carbocycles. The molecule has 0 aliphatic heterocycles. The van der Waals surface area contributed by atoms with E-state index in [1.54, 1.807) is 0 Å². The summed E-state index contributed by atoms with van der Waals surface area (Å²) in [5.74, 6) is 0. The third kappa shape index (κ3) is 15.5. The maximum Gasteiger partial charge on any atom is 0.694 e. The molecule has 0 rings (SSSR count). The molecule has 13 heavy (non-hydrogen) atoms. The van der Waals surface area contributed by atoms with Gasteiger partial charge in [0.05, 0.1) is 0 Å². The van der Waals surface area contributed by atoms with Crippen LogP contribution >= 0.6 is 8.25 Å². The summed E-state index contributed by atoms with van der Waals surface area (Å²) in [6.45, 7) is 2.59. The van der Waals surface area contributed by atoms with Crippen LogP contribution in [0.4, 0.5) is 0 Å². The van der Waals surface area contributed by atoms with Crippen molar-refractivity contribution in [2.75, 3.05) is 6.61 Å².